The smallest absolute Gasteiger partial charge is 0.231 e. The summed E-state index contributed by atoms with van der Waals surface area (Å²) >= 11 is 0. The van der Waals surface area contributed by atoms with Crippen LogP contribution in [0.1, 0.15) is 42.4 Å². The van der Waals surface area contributed by atoms with Crippen LogP contribution in [-0.4, -0.2) is 36.7 Å². The minimum atomic E-state index is -3.45. The molecule has 7 heteroatoms. The van der Waals surface area contributed by atoms with E-state index < -0.39 is 15.6 Å². The molecule has 3 heterocycles. The van der Waals surface area contributed by atoms with Gasteiger partial charge in [0.1, 0.15) is 0 Å². The van der Waals surface area contributed by atoms with Crippen molar-refractivity contribution in [2.24, 2.45) is 0 Å². The normalized spacial score (nSPS) is 28.6. The van der Waals surface area contributed by atoms with E-state index in [4.69, 9.17) is 9.47 Å². The summed E-state index contributed by atoms with van der Waals surface area (Å²) in [5, 5.41) is 11.4. The van der Waals surface area contributed by atoms with E-state index in [0.29, 0.717) is 24.3 Å². The predicted molar refractivity (Wildman–Crippen MR) is 108 cm³/mol. The third kappa shape index (κ3) is 3.31. The Kier molecular flexibility index (Phi) is 4.38. The lowest BCUT2D eigenvalue weighted by Gasteiger charge is -2.43. The van der Waals surface area contributed by atoms with E-state index in [1.54, 1.807) is 4.31 Å². The zero-order chi connectivity index (χ0) is 20.2. The van der Waals surface area contributed by atoms with Crippen molar-refractivity contribution >= 4 is 10.0 Å². The van der Waals surface area contributed by atoms with Crippen molar-refractivity contribution in [2.45, 2.75) is 56.0 Å². The third-order valence-corrected chi connectivity index (χ3v) is 8.30. The Morgan fingerprint density at radius 3 is 2.52 bits per heavy atom. The lowest BCUT2D eigenvalue weighted by atomic mass is 9.81. The maximum absolute atomic E-state index is 13.2. The Labute approximate surface area is 171 Å². The van der Waals surface area contributed by atoms with Gasteiger partial charge in [0.2, 0.25) is 16.8 Å². The number of aryl methyl sites for hydroxylation is 1. The van der Waals surface area contributed by atoms with Gasteiger partial charge in [0.25, 0.3) is 0 Å². The van der Waals surface area contributed by atoms with Gasteiger partial charge in [0.15, 0.2) is 11.5 Å². The molecule has 2 fully saturated rings. The van der Waals surface area contributed by atoms with Gasteiger partial charge >= 0.3 is 0 Å². The molecule has 3 aliphatic heterocycles. The first-order valence-electron chi connectivity index (χ1n) is 10.0. The van der Waals surface area contributed by atoms with Crippen LogP contribution in [0.4, 0.5) is 0 Å². The van der Waals surface area contributed by atoms with Crippen molar-refractivity contribution in [3.05, 3.63) is 59.2 Å². The first-order valence-corrected chi connectivity index (χ1v) is 11.6. The van der Waals surface area contributed by atoms with Crippen LogP contribution in [0.25, 0.3) is 0 Å². The standard InChI is InChI=1S/C22H25NO5S/c1-15-3-2-4-16(9-15)13-29(25,26)23-18-6-7-19(23)12-22(24,11-18)17-5-8-20-21(10-17)28-14-27-20/h2-5,8-10,18-19,24H,6-7,11-14H2,1H3/t18-,19+,22?. The minimum Gasteiger partial charge on any atom is -0.454 e. The van der Waals surface area contributed by atoms with Gasteiger partial charge in [0, 0.05) is 12.1 Å². The van der Waals surface area contributed by atoms with Crippen molar-refractivity contribution in [3.63, 3.8) is 0 Å². The van der Waals surface area contributed by atoms with Gasteiger partial charge in [-0.25, -0.2) is 8.42 Å². The van der Waals surface area contributed by atoms with Crippen molar-refractivity contribution in [1.29, 1.82) is 0 Å². The van der Waals surface area contributed by atoms with Crippen LogP contribution in [0.5, 0.6) is 11.5 Å². The Balaban J connectivity index is 1.40. The second-order valence-corrected chi connectivity index (χ2v) is 10.3. The average molecular weight is 416 g/mol. The quantitative estimate of drug-likeness (QED) is 0.831. The summed E-state index contributed by atoms with van der Waals surface area (Å²) in [6.07, 6.45) is 2.36. The van der Waals surface area contributed by atoms with Gasteiger partial charge in [-0.1, -0.05) is 35.9 Å². The molecular formula is C22H25NO5S. The van der Waals surface area contributed by atoms with Crippen LogP contribution in [0.2, 0.25) is 0 Å². The molecule has 29 heavy (non-hydrogen) atoms. The lowest BCUT2D eigenvalue weighted by Crippen LogP contribution is -2.52. The molecule has 0 spiro atoms. The van der Waals surface area contributed by atoms with Crippen molar-refractivity contribution in [1.82, 2.24) is 4.31 Å². The molecule has 154 valence electrons. The average Bonchev–Trinajstić information content (AvgIpc) is 3.24. The van der Waals surface area contributed by atoms with Gasteiger partial charge in [0.05, 0.1) is 11.4 Å². The molecule has 0 saturated carbocycles. The van der Waals surface area contributed by atoms with Gasteiger partial charge in [-0.3, -0.25) is 0 Å². The highest BCUT2D eigenvalue weighted by molar-refractivity contribution is 7.88. The number of benzene rings is 2. The Bertz CT molecular complexity index is 1040. The summed E-state index contributed by atoms with van der Waals surface area (Å²) in [5.41, 5.74) is 1.58. The Morgan fingerprint density at radius 2 is 1.79 bits per heavy atom. The van der Waals surface area contributed by atoms with Crippen molar-refractivity contribution in [2.75, 3.05) is 6.79 Å². The highest BCUT2D eigenvalue weighted by atomic mass is 32.2. The number of aliphatic hydroxyl groups is 1. The first-order chi connectivity index (χ1) is 13.8. The highest BCUT2D eigenvalue weighted by Gasteiger charge is 2.52. The number of ether oxygens (including phenoxy) is 2. The Hall–Kier alpha value is -2.09. The number of piperidine rings is 1. The summed E-state index contributed by atoms with van der Waals surface area (Å²) in [7, 11) is -3.45. The van der Waals surface area contributed by atoms with Gasteiger partial charge in [-0.05, 0) is 55.9 Å². The largest absolute Gasteiger partial charge is 0.454 e. The topological polar surface area (TPSA) is 76.1 Å². The van der Waals surface area contributed by atoms with Crippen molar-refractivity contribution < 1.29 is 23.0 Å². The van der Waals surface area contributed by atoms with Crippen LogP contribution in [0, 0.1) is 6.92 Å². The fraction of sp³-hybridized carbons (Fsp3) is 0.455. The molecule has 1 N–H and O–H groups in total. The maximum atomic E-state index is 13.2. The SMILES string of the molecule is Cc1cccc(CS(=O)(=O)N2[C@@H]3CC[C@H]2CC(O)(c2ccc4c(c2)OCO4)C3)c1. The number of fused-ring (bicyclic) bond motifs is 3. The molecule has 3 atom stereocenters. The summed E-state index contributed by atoms with van der Waals surface area (Å²) < 4.78 is 39.0. The lowest BCUT2D eigenvalue weighted by molar-refractivity contribution is -0.0341. The fourth-order valence-corrected chi connectivity index (χ4v) is 7.17. The molecule has 3 aliphatic rings. The number of hydrogen-bond donors (Lipinski definition) is 1. The van der Waals surface area contributed by atoms with Crippen LogP contribution < -0.4 is 9.47 Å². The van der Waals surface area contributed by atoms with E-state index >= 15 is 0 Å². The molecule has 0 amide bonds. The molecule has 0 aromatic heterocycles. The highest BCUT2D eigenvalue weighted by Crippen LogP contribution is 2.48. The summed E-state index contributed by atoms with van der Waals surface area (Å²) in [6, 6.07) is 12.8. The minimum absolute atomic E-state index is 0.00410. The van der Waals surface area contributed by atoms with Gasteiger partial charge in [-0.15, -0.1) is 0 Å². The molecule has 0 aliphatic carbocycles. The number of sulfonamides is 1. The van der Waals surface area contributed by atoms with E-state index in [1.165, 1.54) is 0 Å². The van der Waals surface area contributed by atoms with Crippen molar-refractivity contribution in [3.8, 4) is 11.5 Å². The zero-order valence-electron chi connectivity index (χ0n) is 16.4. The molecule has 2 saturated heterocycles. The molecule has 1 unspecified atom stereocenters. The van der Waals surface area contributed by atoms with E-state index in [1.807, 2.05) is 49.4 Å². The molecule has 2 aromatic carbocycles. The molecule has 2 bridgehead atoms. The predicted octanol–water partition coefficient (Wildman–Crippen LogP) is 3.07. The van der Waals surface area contributed by atoms with Gasteiger partial charge < -0.3 is 14.6 Å². The first kappa shape index (κ1) is 18.9. The van der Waals surface area contributed by atoms with Gasteiger partial charge in [-0.2, -0.15) is 4.31 Å². The third-order valence-electron chi connectivity index (χ3n) is 6.36. The summed E-state index contributed by atoms with van der Waals surface area (Å²) in [5.74, 6) is 1.32. The molecule has 0 radical (unpaired) electrons. The fourth-order valence-electron chi connectivity index (χ4n) is 5.15. The van der Waals surface area contributed by atoms with Crippen LogP contribution in [0.15, 0.2) is 42.5 Å². The molecular weight excluding hydrogens is 390 g/mol. The Morgan fingerprint density at radius 1 is 1.07 bits per heavy atom. The van der Waals surface area contributed by atoms with Crippen LogP contribution in [0.3, 0.4) is 0 Å². The number of hydrogen-bond acceptors (Lipinski definition) is 5. The summed E-state index contributed by atoms with van der Waals surface area (Å²) in [4.78, 5) is 0. The second-order valence-electron chi connectivity index (χ2n) is 8.47. The molecule has 2 aromatic rings. The van der Waals surface area contributed by atoms with Crippen LogP contribution in [-0.2, 0) is 21.4 Å². The molecule has 6 nitrogen and oxygen atoms in total. The number of rotatable bonds is 4. The zero-order valence-corrected chi connectivity index (χ0v) is 17.2. The van der Waals surface area contributed by atoms with E-state index in [9.17, 15) is 13.5 Å². The monoisotopic (exact) mass is 415 g/mol. The van der Waals surface area contributed by atoms with E-state index in [0.717, 1.165) is 29.5 Å². The van der Waals surface area contributed by atoms with Crippen LogP contribution >= 0.6 is 0 Å². The summed E-state index contributed by atoms with van der Waals surface area (Å²) in [6.45, 7) is 2.15. The number of nitrogens with zero attached hydrogens (tertiary/aromatic N) is 1. The van der Waals surface area contributed by atoms with E-state index in [2.05, 4.69) is 0 Å². The second kappa shape index (κ2) is 6.72. The molecule has 5 rings (SSSR count). The van der Waals surface area contributed by atoms with E-state index in [-0.39, 0.29) is 24.6 Å². The maximum Gasteiger partial charge on any atom is 0.231 e.